The van der Waals surface area contributed by atoms with E-state index >= 15 is 0 Å². The van der Waals surface area contributed by atoms with Gasteiger partial charge in [-0.2, -0.15) is 11.8 Å². The summed E-state index contributed by atoms with van der Waals surface area (Å²) in [5.74, 6) is 0.628. The summed E-state index contributed by atoms with van der Waals surface area (Å²) < 4.78 is 10.1. The molecular formula is C14H21NO3S. The van der Waals surface area contributed by atoms with Crippen molar-refractivity contribution in [3.05, 3.63) is 23.7 Å². The van der Waals surface area contributed by atoms with Gasteiger partial charge in [0.05, 0.1) is 13.7 Å². The summed E-state index contributed by atoms with van der Waals surface area (Å²) in [6.07, 6.45) is 7.23. The zero-order valence-electron chi connectivity index (χ0n) is 11.5. The lowest BCUT2D eigenvalue weighted by atomic mass is 9.95. The molecule has 0 aliphatic heterocycles. The molecule has 1 aliphatic carbocycles. The van der Waals surface area contributed by atoms with E-state index in [-0.39, 0.29) is 5.76 Å². The molecule has 1 fully saturated rings. The molecule has 19 heavy (non-hydrogen) atoms. The number of carbonyl (C=O) groups is 1. The zero-order valence-corrected chi connectivity index (χ0v) is 12.3. The highest BCUT2D eigenvalue weighted by atomic mass is 32.2. The van der Waals surface area contributed by atoms with Gasteiger partial charge >= 0.3 is 5.97 Å². The fraction of sp³-hybridized carbons (Fsp3) is 0.643. The summed E-state index contributed by atoms with van der Waals surface area (Å²) in [6, 6.07) is 4.04. The highest BCUT2D eigenvalue weighted by Crippen LogP contribution is 2.27. The van der Waals surface area contributed by atoms with Crippen molar-refractivity contribution in [2.75, 3.05) is 13.4 Å². The summed E-state index contributed by atoms with van der Waals surface area (Å²) in [5, 5.41) is 4.28. The van der Waals surface area contributed by atoms with Crippen molar-refractivity contribution in [1.82, 2.24) is 5.32 Å². The molecule has 0 aromatic carbocycles. The Bertz CT molecular complexity index is 419. The number of carbonyl (C=O) groups excluding carboxylic acids is 1. The fourth-order valence-corrected chi connectivity index (χ4v) is 3.30. The Morgan fingerprint density at radius 2 is 2.37 bits per heavy atom. The first kappa shape index (κ1) is 14.5. The van der Waals surface area contributed by atoms with E-state index in [4.69, 9.17) is 4.42 Å². The first-order valence-corrected chi connectivity index (χ1v) is 7.95. The van der Waals surface area contributed by atoms with Crippen LogP contribution >= 0.6 is 11.8 Å². The smallest absolute Gasteiger partial charge is 0.373 e. The molecule has 2 atom stereocenters. The molecule has 2 unspecified atom stereocenters. The molecule has 1 aliphatic rings. The summed E-state index contributed by atoms with van der Waals surface area (Å²) in [6.45, 7) is 0.669. The first-order chi connectivity index (χ1) is 9.22. The number of hydrogen-bond acceptors (Lipinski definition) is 5. The lowest BCUT2D eigenvalue weighted by Gasteiger charge is -2.28. The molecule has 1 N–H and O–H groups in total. The second-order valence-electron chi connectivity index (χ2n) is 4.86. The van der Waals surface area contributed by atoms with Gasteiger partial charge in [-0.25, -0.2) is 4.79 Å². The van der Waals surface area contributed by atoms with Crippen LogP contribution in [0, 0.1) is 0 Å². The number of esters is 1. The molecule has 0 bridgehead atoms. The quantitative estimate of drug-likeness (QED) is 0.842. The Morgan fingerprint density at radius 3 is 3.11 bits per heavy atom. The van der Waals surface area contributed by atoms with Crippen LogP contribution in [-0.4, -0.2) is 30.6 Å². The number of rotatable bonds is 5. The van der Waals surface area contributed by atoms with Crippen LogP contribution in [0.25, 0.3) is 0 Å². The van der Waals surface area contributed by atoms with Gasteiger partial charge in [0.25, 0.3) is 0 Å². The third-order valence-electron chi connectivity index (χ3n) is 3.57. The maximum atomic E-state index is 11.3. The van der Waals surface area contributed by atoms with E-state index in [9.17, 15) is 4.79 Å². The van der Waals surface area contributed by atoms with E-state index in [2.05, 4.69) is 16.3 Å². The maximum absolute atomic E-state index is 11.3. The topological polar surface area (TPSA) is 51.5 Å². The monoisotopic (exact) mass is 283 g/mol. The second-order valence-corrected chi connectivity index (χ2v) is 6.00. The van der Waals surface area contributed by atoms with Gasteiger partial charge in [0.2, 0.25) is 5.76 Å². The molecule has 4 nitrogen and oxygen atoms in total. The van der Waals surface area contributed by atoms with Gasteiger partial charge < -0.3 is 14.5 Å². The summed E-state index contributed by atoms with van der Waals surface area (Å²) in [7, 11) is 1.35. The minimum absolute atomic E-state index is 0.268. The largest absolute Gasteiger partial charge is 0.463 e. The minimum atomic E-state index is -0.425. The summed E-state index contributed by atoms with van der Waals surface area (Å²) in [5.41, 5.74) is 0. The Kier molecular flexibility index (Phi) is 5.34. The average Bonchev–Trinajstić information content (AvgIpc) is 2.93. The van der Waals surface area contributed by atoms with Crippen LogP contribution in [0.4, 0.5) is 0 Å². The van der Waals surface area contributed by atoms with E-state index in [0.717, 1.165) is 11.0 Å². The van der Waals surface area contributed by atoms with Gasteiger partial charge in [-0.1, -0.05) is 6.42 Å². The SMILES string of the molecule is COC(=O)c1ccc(CNC2CCCC(SC)C2)o1. The van der Waals surface area contributed by atoms with Crippen LogP contribution < -0.4 is 5.32 Å². The number of methoxy groups -OCH3 is 1. The van der Waals surface area contributed by atoms with E-state index in [1.54, 1.807) is 6.07 Å². The van der Waals surface area contributed by atoms with Crippen molar-refractivity contribution >= 4 is 17.7 Å². The predicted molar refractivity (Wildman–Crippen MR) is 76.4 cm³/mol. The van der Waals surface area contributed by atoms with Crippen LogP contribution in [0.1, 0.15) is 42.0 Å². The Hall–Kier alpha value is -0.940. The predicted octanol–water partition coefficient (Wildman–Crippen LogP) is 2.83. The maximum Gasteiger partial charge on any atom is 0.373 e. The Balaban J connectivity index is 1.81. The fourth-order valence-electron chi connectivity index (χ4n) is 2.47. The Labute approximate surface area is 118 Å². The van der Waals surface area contributed by atoms with Crippen molar-refractivity contribution in [2.45, 2.75) is 43.5 Å². The van der Waals surface area contributed by atoms with Gasteiger partial charge in [0.15, 0.2) is 0 Å². The van der Waals surface area contributed by atoms with Crippen molar-refractivity contribution in [2.24, 2.45) is 0 Å². The lowest BCUT2D eigenvalue weighted by Crippen LogP contribution is -2.34. The molecule has 0 radical (unpaired) electrons. The average molecular weight is 283 g/mol. The Morgan fingerprint density at radius 1 is 1.53 bits per heavy atom. The molecule has 1 aromatic heterocycles. The third-order valence-corrected chi connectivity index (χ3v) is 4.67. The normalized spacial score (nSPS) is 23.3. The van der Waals surface area contributed by atoms with Gasteiger partial charge in [-0.05, 0) is 37.7 Å². The highest BCUT2D eigenvalue weighted by molar-refractivity contribution is 7.99. The molecular weight excluding hydrogens is 262 g/mol. The van der Waals surface area contributed by atoms with Gasteiger partial charge in [-0.15, -0.1) is 0 Å². The molecule has 5 heteroatoms. The van der Waals surface area contributed by atoms with E-state index < -0.39 is 5.97 Å². The summed E-state index contributed by atoms with van der Waals surface area (Å²) >= 11 is 1.96. The molecule has 1 saturated carbocycles. The van der Waals surface area contributed by atoms with Crippen molar-refractivity contribution in [1.29, 1.82) is 0 Å². The standard InChI is InChI=1S/C14H21NO3S/c1-17-14(16)13-7-6-11(18-13)9-15-10-4-3-5-12(8-10)19-2/h6-7,10,12,15H,3-5,8-9H2,1-2H3. The number of ether oxygens (including phenoxy) is 1. The second kappa shape index (κ2) is 7.01. The molecule has 0 amide bonds. The molecule has 0 spiro atoms. The molecule has 2 rings (SSSR count). The molecule has 1 heterocycles. The number of furan rings is 1. The molecule has 1 aromatic rings. The van der Waals surface area contributed by atoms with Gasteiger partial charge in [0, 0.05) is 11.3 Å². The summed E-state index contributed by atoms with van der Waals surface area (Å²) in [4.78, 5) is 11.3. The zero-order chi connectivity index (χ0) is 13.7. The first-order valence-electron chi connectivity index (χ1n) is 6.66. The minimum Gasteiger partial charge on any atom is -0.463 e. The van der Waals surface area contributed by atoms with Crippen molar-refractivity contribution in [3.63, 3.8) is 0 Å². The number of hydrogen-bond donors (Lipinski definition) is 1. The van der Waals surface area contributed by atoms with Crippen molar-refractivity contribution in [3.8, 4) is 0 Å². The van der Waals surface area contributed by atoms with Crippen LogP contribution in [0.5, 0.6) is 0 Å². The van der Waals surface area contributed by atoms with E-state index in [0.29, 0.717) is 12.6 Å². The molecule has 106 valence electrons. The van der Waals surface area contributed by atoms with Crippen LogP contribution in [0.15, 0.2) is 16.5 Å². The number of nitrogens with one attached hydrogen (secondary N) is 1. The van der Waals surface area contributed by atoms with E-state index in [1.807, 2.05) is 17.8 Å². The van der Waals surface area contributed by atoms with Crippen LogP contribution in [0.2, 0.25) is 0 Å². The van der Waals surface area contributed by atoms with E-state index in [1.165, 1.54) is 32.8 Å². The van der Waals surface area contributed by atoms with Crippen LogP contribution in [-0.2, 0) is 11.3 Å². The van der Waals surface area contributed by atoms with Gasteiger partial charge in [0.1, 0.15) is 5.76 Å². The van der Waals surface area contributed by atoms with Crippen LogP contribution in [0.3, 0.4) is 0 Å². The highest BCUT2D eigenvalue weighted by Gasteiger charge is 2.21. The third kappa shape index (κ3) is 4.01. The number of thioether (sulfide) groups is 1. The van der Waals surface area contributed by atoms with Crippen molar-refractivity contribution < 1.29 is 13.9 Å². The van der Waals surface area contributed by atoms with Gasteiger partial charge in [-0.3, -0.25) is 0 Å². The molecule has 0 saturated heterocycles. The lowest BCUT2D eigenvalue weighted by molar-refractivity contribution is 0.0562.